The maximum absolute atomic E-state index is 14.3. The first kappa shape index (κ1) is 23.7. The highest BCUT2D eigenvalue weighted by atomic mass is 16.2. The second kappa shape index (κ2) is 9.93. The van der Waals surface area contributed by atoms with Gasteiger partial charge in [-0.2, -0.15) is 0 Å². The van der Waals surface area contributed by atoms with Crippen molar-refractivity contribution in [3.63, 3.8) is 0 Å². The Morgan fingerprint density at radius 3 is 2.17 bits per heavy atom. The van der Waals surface area contributed by atoms with Crippen LogP contribution in [0, 0.1) is 12.8 Å². The van der Waals surface area contributed by atoms with E-state index in [-0.39, 0.29) is 11.8 Å². The predicted octanol–water partition coefficient (Wildman–Crippen LogP) is 4.06. The molecule has 0 radical (unpaired) electrons. The van der Waals surface area contributed by atoms with Crippen molar-refractivity contribution in [3.8, 4) is 0 Å². The Balaban J connectivity index is 1.41. The molecule has 2 aromatic carbocycles. The van der Waals surface area contributed by atoms with E-state index in [4.69, 9.17) is 0 Å². The molecule has 7 nitrogen and oxygen atoms in total. The fourth-order valence-electron chi connectivity index (χ4n) is 5.40. The molecule has 1 aliphatic heterocycles. The number of carbonyl (C=O) groups excluding carboxylic acids is 2. The molecule has 7 heteroatoms. The number of piperidine rings is 1. The second-order valence-electron chi connectivity index (χ2n) is 9.53. The molecule has 3 heterocycles. The van der Waals surface area contributed by atoms with Crippen LogP contribution in [0.15, 0.2) is 79.1 Å². The molecule has 0 bridgehead atoms. The van der Waals surface area contributed by atoms with Gasteiger partial charge in [0.1, 0.15) is 11.3 Å². The molecule has 4 aromatic rings. The van der Waals surface area contributed by atoms with Gasteiger partial charge in [0.2, 0.25) is 5.91 Å². The van der Waals surface area contributed by atoms with Crippen molar-refractivity contribution in [2.24, 2.45) is 5.92 Å². The number of likely N-dealkylation sites (tertiary alicyclic amines) is 1. The van der Waals surface area contributed by atoms with Gasteiger partial charge in [0, 0.05) is 32.8 Å². The van der Waals surface area contributed by atoms with Crippen LogP contribution in [0.25, 0.3) is 11.0 Å². The lowest BCUT2D eigenvalue weighted by Crippen LogP contribution is -2.58. The van der Waals surface area contributed by atoms with E-state index < -0.39 is 5.54 Å². The first-order chi connectivity index (χ1) is 17.5. The minimum Gasteiger partial charge on any atom is -0.340 e. The molecule has 1 aliphatic rings. The number of aryl methyl sites for hydroxylation is 1. The van der Waals surface area contributed by atoms with Crippen molar-refractivity contribution in [1.82, 2.24) is 24.8 Å². The Bertz CT molecular complexity index is 1320. The van der Waals surface area contributed by atoms with E-state index in [1.54, 1.807) is 12.4 Å². The highest BCUT2D eigenvalue weighted by molar-refractivity contribution is 5.95. The summed E-state index contributed by atoms with van der Waals surface area (Å²) in [5, 5.41) is 3.05. The third kappa shape index (κ3) is 4.37. The predicted molar refractivity (Wildman–Crippen MR) is 139 cm³/mol. The second-order valence-corrected chi connectivity index (χ2v) is 9.53. The van der Waals surface area contributed by atoms with Gasteiger partial charge in [0.15, 0.2) is 5.54 Å². The fraction of sp³-hybridized carbons (Fsp3) is 0.310. The molecule has 1 saturated heterocycles. The number of nitrogens with one attached hydrogen (secondary N) is 1. The molecule has 0 atom stereocenters. The van der Waals surface area contributed by atoms with Gasteiger partial charge >= 0.3 is 0 Å². The Hall–Kier alpha value is -4.00. The number of imidazole rings is 1. The number of amides is 2. The van der Waals surface area contributed by atoms with Crippen LogP contribution >= 0.6 is 0 Å². The Labute approximate surface area is 211 Å². The zero-order valence-electron chi connectivity index (χ0n) is 20.7. The number of hydrogen-bond donors (Lipinski definition) is 1. The summed E-state index contributed by atoms with van der Waals surface area (Å²) in [6.07, 6.45) is 5.37. The highest BCUT2D eigenvalue weighted by Gasteiger charge is 2.46. The van der Waals surface area contributed by atoms with Gasteiger partial charge in [-0.25, -0.2) is 4.98 Å². The molecule has 0 saturated carbocycles. The molecule has 36 heavy (non-hydrogen) atoms. The number of carbonyl (C=O) groups is 2. The summed E-state index contributed by atoms with van der Waals surface area (Å²) in [4.78, 5) is 37.5. The zero-order valence-corrected chi connectivity index (χ0v) is 20.7. The van der Waals surface area contributed by atoms with E-state index in [0.29, 0.717) is 19.0 Å². The van der Waals surface area contributed by atoms with E-state index in [0.717, 1.165) is 47.4 Å². The van der Waals surface area contributed by atoms with Crippen LogP contribution in [0.4, 0.5) is 0 Å². The molecule has 2 amide bonds. The third-order valence-electron chi connectivity index (χ3n) is 7.18. The van der Waals surface area contributed by atoms with Crippen LogP contribution in [0.1, 0.15) is 36.7 Å². The Morgan fingerprint density at radius 2 is 1.58 bits per heavy atom. The van der Waals surface area contributed by atoms with E-state index in [9.17, 15) is 9.59 Å². The largest absolute Gasteiger partial charge is 0.340 e. The molecule has 0 unspecified atom stereocenters. The average Bonchev–Trinajstić information content (AvgIpc) is 3.23. The van der Waals surface area contributed by atoms with Crippen molar-refractivity contribution in [1.29, 1.82) is 0 Å². The van der Waals surface area contributed by atoms with Crippen molar-refractivity contribution < 1.29 is 9.59 Å². The van der Waals surface area contributed by atoms with E-state index in [2.05, 4.69) is 19.9 Å². The molecule has 2 aromatic heterocycles. The molecular weight excluding hydrogens is 450 g/mol. The fourth-order valence-corrected chi connectivity index (χ4v) is 5.40. The molecule has 0 aliphatic carbocycles. The normalized spacial score (nSPS) is 14.7. The minimum absolute atomic E-state index is 0.0936. The number of fused-ring (bicyclic) bond motifs is 1. The van der Waals surface area contributed by atoms with Crippen LogP contribution in [0.5, 0.6) is 0 Å². The van der Waals surface area contributed by atoms with Crippen LogP contribution in [-0.2, 0) is 21.7 Å². The van der Waals surface area contributed by atoms with E-state index in [1.807, 2.05) is 78.6 Å². The van der Waals surface area contributed by atoms with Crippen molar-refractivity contribution >= 4 is 22.8 Å². The molecular formula is C29H31N5O2. The lowest BCUT2D eigenvalue weighted by Gasteiger charge is -2.41. The van der Waals surface area contributed by atoms with Crippen molar-refractivity contribution in [3.05, 3.63) is 96.1 Å². The van der Waals surface area contributed by atoms with Crippen molar-refractivity contribution in [2.45, 2.75) is 38.8 Å². The number of pyridine rings is 1. The number of hydrogen-bond acceptors (Lipinski definition) is 4. The zero-order chi connectivity index (χ0) is 25.1. The first-order valence-corrected chi connectivity index (χ1v) is 12.4. The average molecular weight is 482 g/mol. The molecule has 5 rings (SSSR count). The molecule has 1 fully saturated rings. The lowest BCUT2D eigenvalue weighted by molar-refractivity contribution is -0.141. The van der Waals surface area contributed by atoms with Gasteiger partial charge in [-0.1, -0.05) is 60.7 Å². The summed E-state index contributed by atoms with van der Waals surface area (Å²) in [6, 6.07) is 21.1. The number of rotatable bonds is 6. The van der Waals surface area contributed by atoms with E-state index in [1.165, 1.54) is 6.92 Å². The van der Waals surface area contributed by atoms with Crippen LogP contribution in [0.2, 0.25) is 0 Å². The number of aromatic nitrogens is 3. The SMILES string of the molecule is CC(=O)NC(C(=O)N1CCC(Cn2c(C)nc3cnccc32)CC1)(c1ccccc1)c1ccccc1. The lowest BCUT2D eigenvalue weighted by atomic mass is 9.80. The highest BCUT2D eigenvalue weighted by Crippen LogP contribution is 2.34. The summed E-state index contributed by atoms with van der Waals surface area (Å²) in [6.45, 7) is 5.63. The topological polar surface area (TPSA) is 80.1 Å². The van der Waals surface area contributed by atoms with Crippen LogP contribution in [-0.4, -0.2) is 44.3 Å². The number of nitrogens with zero attached hydrogens (tertiary/aromatic N) is 4. The number of benzene rings is 2. The summed E-state index contributed by atoms with van der Waals surface area (Å²) in [7, 11) is 0. The van der Waals surface area contributed by atoms with Crippen LogP contribution in [0.3, 0.4) is 0 Å². The monoisotopic (exact) mass is 481 g/mol. The molecule has 0 spiro atoms. The van der Waals surface area contributed by atoms with Gasteiger partial charge in [-0.3, -0.25) is 14.6 Å². The minimum atomic E-state index is -1.27. The van der Waals surface area contributed by atoms with Crippen molar-refractivity contribution in [2.75, 3.05) is 13.1 Å². The maximum atomic E-state index is 14.3. The van der Waals surface area contributed by atoms with Crippen LogP contribution < -0.4 is 5.32 Å². The Morgan fingerprint density at radius 1 is 0.972 bits per heavy atom. The quantitative estimate of drug-likeness (QED) is 0.450. The summed E-state index contributed by atoms with van der Waals surface area (Å²) >= 11 is 0. The molecule has 184 valence electrons. The smallest absolute Gasteiger partial charge is 0.257 e. The maximum Gasteiger partial charge on any atom is 0.257 e. The van der Waals surface area contributed by atoms with Gasteiger partial charge in [0.25, 0.3) is 5.91 Å². The standard InChI is InChI=1S/C29H31N5O2/c1-21-31-26-19-30-16-13-27(26)34(21)20-23-14-17-33(18-15-23)28(36)29(32-22(2)35,24-9-5-3-6-10-24)25-11-7-4-8-12-25/h3-13,16,19,23H,14-15,17-18,20H2,1-2H3,(H,32,35). The Kier molecular flexibility index (Phi) is 6.55. The van der Waals surface area contributed by atoms with Gasteiger partial charge < -0.3 is 14.8 Å². The molecule has 1 N–H and O–H groups in total. The summed E-state index contributed by atoms with van der Waals surface area (Å²) in [5.74, 6) is 1.07. The van der Waals surface area contributed by atoms with Gasteiger partial charge in [0.05, 0.1) is 11.7 Å². The van der Waals surface area contributed by atoms with E-state index >= 15 is 0 Å². The third-order valence-corrected chi connectivity index (χ3v) is 7.18. The summed E-state index contributed by atoms with van der Waals surface area (Å²) < 4.78 is 2.26. The summed E-state index contributed by atoms with van der Waals surface area (Å²) in [5.41, 5.74) is 2.25. The first-order valence-electron chi connectivity index (χ1n) is 12.4. The van der Waals surface area contributed by atoms with Gasteiger partial charge in [-0.15, -0.1) is 0 Å². The van der Waals surface area contributed by atoms with Gasteiger partial charge in [-0.05, 0) is 42.9 Å².